The third-order valence-corrected chi connectivity index (χ3v) is 6.32. The van der Waals surface area contributed by atoms with Crippen molar-refractivity contribution in [3.63, 3.8) is 0 Å². The van der Waals surface area contributed by atoms with Crippen molar-refractivity contribution in [1.82, 2.24) is 14.3 Å². The molecule has 5 nitrogen and oxygen atoms in total. The molecule has 7 heteroatoms. The number of para-hydroxylation sites is 1. The second kappa shape index (κ2) is 7.46. The smallest absolute Gasteiger partial charge is 0.238 e. The van der Waals surface area contributed by atoms with Gasteiger partial charge in [-0.25, -0.2) is 4.68 Å². The van der Waals surface area contributed by atoms with Gasteiger partial charge in [-0.15, -0.1) is 11.8 Å². The molecule has 2 aromatic heterocycles. The maximum Gasteiger partial charge on any atom is 0.238 e. The number of carbonyl (C=O) groups is 1. The lowest BCUT2D eigenvalue weighted by molar-refractivity contribution is -0.115. The first-order chi connectivity index (χ1) is 14.2. The summed E-state index contributed by atoms with van der Waals surface area (Å²) < 4.78 is 3.86. The highest BCUT2D eigenvalue weighted by atomic mass is 35.5. The predicted molar refractivity (Wildman–Crippen MR) is 117 cm³/mol. The summed E-state index contributed by atoms with van der Waals surface area (Å²) in [6, 6.07) is 21.5. The molecule has 29 heavy (non-hydrogen) atoms. The van der Waals surface area contributed by atoms with Crippen LogP contribution in [0.5, 0.6) is 0 Å². The Morgan fingerprint density at radius 2 is 1.69 bits per heavy atom. The summed E-state index contributed by atoms with van der Waals surface area (Å²) in [5.74, 6) is 1.32. The van der Waals surface area contributed by atoms with Crippen molar-refractivity contribution >= 4 is 35.0 Å². The van der Waals surface area contributed by atoms with Crippen molar-refractivity contribution in [2.45, 2.75) is 5.37 Å². The van der Waals surface area contributed by atoms with E-state index in [9.17, 15) is 4.79 Å². The van der Waals surface area contributed by atoms with Crippen LogP contribution in [-0.2, 0) is 4.79 Å². The van der Waals surface area contributed by atoms with Crippen molar-refractivity contribution in [3.05, 3.63) is 95.9 Å². The number of anilines is 1. The molecular weight excluding hydrogens is 404 g/mol. The van der Waals surface area contributed by atoms with Gasteiger partial charge in [-0.3, -0.25) is 9.69 Å². The average Bonchev–Trinajstić information content (AvgIpc) is 3.48. The van der Waals surface area contributed by atoms with Crippen LogP contribution in [0.25, 0.3) is 11.5 Å². The molecule has 0 saturated carbocycles. The van der Waals surface area contributed by atoms with E-state index >= 15 is 0 Å². The van der Waals surface area contributed by atoms with Gasteiger partial charge in [0.15, 0.2) is 5.82 Å². The number of rotatable bonds is 4. The first kappa shape index (κ1) is 18.1. The van der Waals surface area contributed by atoms with E-state index in [4.69, 9.17) is 11.6 Å². The molecule has 0 spiro atoms. The first-order valence-corrected chi connectivity index (χ1v) is 10.6. The Balaban J connectivity index is 1.66. The van der Waals surface area contributed by atoms with Gasteiger partial charge in [-0.1, -0.05) is 41.9 Å². The summed E-state index contributed by atoms with van der Waals surface area (Å²) >= 11 is 7.67. The Morgan fingerprint density at radius 3 is 2.41 bits per heavy atom. The number of benzene rings is 2. The second-order valence-corrected chi connectivity index (χ2v) is 8.17. The van der Waals surface area contributed by atoms with E-state index in [0.717, 1.165) is 22.8 Å². The standard InChI is InChI=1S/C22H17ClN4OS/c23-17-10-8-16(9-11-17)22-26(20(28)15-29-22)19-14-24-27(18-6-2-1-3-7-18)21(19)25-12-4-5-13-25/h1-14,22H,15H2. The number of carbonyl (C=O) groups excluding carboxylic acids is 1. The maximum atomic E-state index is 12.9. The van der Waals surface area contributed by atoms with Crippen LogP contribution in [0, 0.1) is 0 Å². The number of nitrogens with zero attached hydrogens (tertiary/aromatic N) is 4. The molecule has 5 rings (SSSR count). The number of aromatic nitrogens is 3. The second-order valence-electron chi connectivity index (χ2n) is 6.67. The Labute approximate surface area is 177 Å². The van der Waals surface area contributed by atoms with Crippen molar-refractivity contribution in [1.29, 1.82) is 0 Å². The summed E-state index contributed by atoms with van der Waals surface area (Å²) in [4.78, 5) is 14.8. The third kappa shape index (κ3) is 3.24. The lowest BCUT2D eigenvalue weighted by atomic mass is 10.2. The Bertz CT molecular complexity index is 1140. The average molecular weight is 421 g/mol. The molecule has 1 fully saturated rings. The van der Waals surface area contributed by atoms with Crippen molar-refractivity contribution < 1.29 is 4.79 Å². The van der Waals surface area contributed by atoms with Crippen LogP contribution in [-0.4, -0.2) is 26.0 Å². The van der Waals surface area contributed by atoms with Crippen LogP contribution < -0.4 is 4.90 Å². The van der Waals surface area contributed by atoms with Gasteiger partial charge in [0.25, 0.3) is 0 Å². The van der Waals surface area contributed by atoms with Crippen molar-refractivity contribution in [3.8, 4) is 11.5 Å². The first-order valence-electron chi connectivity index (χ1n) is 9.18. The summed E-state index contributed by atoms with van der Waals surface area (Å²) in [5, 5.41) is 5.19. The SMILES string of the molecule is O=C1CSC(c2ccc(Cl)cc2)N1c1cnn(-c2ccccc2)c1-n1cccc1. The van der Waals surface area contributed by atoms with E-state index in [-0.39, 0.29) is 11.3 Å². The monoisotopic (exact) mass is 420 g/mol. The molecule has 4 aromatic rings. The fraction of sp³-hybridized carbons (Fsp3) is 0.0909. The zero-order chi connectivity index (χ0) is 19.8. The zero-order valence-corrected chi connectivity index (χ0v) is 16.9. The van der Waals surface area contributed by atoms with E-state index < -0.39 is 0 Å². The lowest BCUT2D eigenvalue weighted by Crippen LogP contribution is -2.28. The van der Waals surface area contributed by atoms with Crippen LogP contribution >= 0.6 is 23.4 Å². The van der Waals surface area contributed by atoms with E-state index in [0.29, 0.717) is 10.8 Å². The highest BCUT2D eigenvalue weighted by Gasteiger charge is 2.37. The zero-order valence-electron chi connectivity index (χ0n) is 15.4. The van der Waals surface area contributed by atoms with Crippen LogP contribution in [0.15, 0.2) is 85.3 Å². The summed E-state index contributed by atoms with van der Waals surface area (Å²) in [5.41, 5.74) is 2.75. The molecule has 1 unspecified atom stereocenters. The van der Waals surface area contributed by atoms with Crippen LogP contribution in [0.2, 0.25) is 5.02 Å². The molecule has 2 aromatic carbocycles. The van der Waals surface area contributed by atoms with Crippen LogP contribution in [0.1, 0.15) is 10.9 Å². The van der Waals surface area contributed by atoms with Crippen molar-refractivity contribution in [2.75, 3.05) is 10.7 Å². The Hall–Kier alpha value is -2.96. The normalized spacial score (nSPS) is 16.5. The fourth-order valence-electron chi connectivity index (χ4n) is 3.54. The molecule has 1 aliphatic heterocycles. The van der Waals surface area contributed by atoms with E-state index in [1.807, 2.05) is 93.3 Å². The molecule has 3 heterocycles. The molecular formula is C22H17ClN4OS. The molecule has 144 valence electrons. The highest BCUT2D eigenvalue weighted by molar-refractivity contribution is 8.00. The highest BCUT2D eigenvalue weighted by Crippen LogP contribution is 2.44. The summed E-state index contributed by atoms with van der Waals surface area (Å²) in [6.07, 6.45) is 5.70. The van der Waals surface area contributed by atoms with E-state index in [1.165, 1.54) is 0 Å². The summed E-state index contributed by atoms with van der Waals surface area (Å²) in [6.45, 7) is 0. The minimum absolute atomic E-state index is 0.0657. The Morgan fingerprint density at radius 1 is 0.966 bits per heavy atom. The molecule has 0 aliphatic carbocycles. The number of hydrogen-bond donors (Lipinski definition) is 0. The predicted octanol–water partition coefficient (Wildman–Crippen LogP) is 5.10. The van der Waals surface area contributed by atoms with Gasteiger partial charge in [0.2, 0.25) is 5.91 Å². The Kier molecular flexibility index (Phi) is 4.66. The molecule has 1 saturated heterocycles. The number of halogens is 1. The minimum Gasteiger partial charge on any atom is -0.307 e. The topological polar surface area (TPSA) is 43.1 Å². The largest absolute Gasteiger partial charge is 0.307 e. The van der Waals surface area contributed by atoms with Crippen LogP contribution in [0.3, 0.4) is 0 Å². The molecule has 1 atom stereocenters. The molecule has 0 bridgehead atoms. The summed E-state index contributed by atoms with van der Waals surface area (Å²) in [7, 11) is 0. The van der Waals surface area contributed by atoms with E-state index in [2.05, 4.69) is 5.10 Å². The van der Waals surface area contributed by atoms with Gasteiger partial charge in [0, 0.05) is 17.4 Å². The van der Waals surface area contributed by atoms with Gasteiger partial charge < -0.3 is 4.57 Å². The van der Waals surface area contributed by atoms with Gasteiger partial charge in [0.05, 0.1) is 17.6 Å². The van der Waals surface area contributed by atoms with Gasteiger partial charge in [0.1, 0.15) is 11.1 Å². The van der Waals surface area contributed by atoms with Gasteiger partial charge in [-0.2, -0.15) is 5.10 Å². The van der Waals surface area contributed by atoms with Crippen LogP contribution in [0.4, 0.5) is 5.69 Å². The maximum absolute atomic E-state index is 12.9. The van der Waals surface area contributed by atoms with Gasteiger partial charge in [-0.05, 0) is 42.0 Å². The molecule has 0 radical (unpaired) electrons. The number of thioether (sulfide) groups is 1. The number of amides is 1. The third-order valence-electron chi connectivity index (χ3n) is 4.86. The fourth-order valence-corrected chi connectivity index (χ4v) is 4.83. The molecule has 0 N–H and O–H groups in total. The van der Waals surface area contributed by atoms with E-state index in [1.54, 1.807) is 18.0 Å². The molecule has 1 aliphatic rings. The van der Waals surface area contributed by atoms with Gasteiger partial charge >= 0.3 is 0 Å². The van der Waals surface area contributed by atoms with Crippen molar-refractivity contribution in [2.24, 2.45) is 0 Å². The quantitative estimate of drug-likeness (QED) is 0.461. The number of hydrogen-bond acceptors (Lipinski definition) is 3. The molecule has 1 amide bonds. The lowest BCUT2D eigenvalue weighted by Gasteiger charge is -2.24. The minimum atomic E-state index is -0.123.